The molecule has 36 heavy (non-hydrogen) atoms. The van der Waals surface area contributed by atoms with E-state index in [9.17, 15) is 4.39 Å². The van der Waals surface area contributed by atoms with Crippen LogP contribution in [0.3, 0.4) is 0 Å². The first kappa shape index (κ1) is 24.2. The molecule has 0 amide bonds. The Bertz CT molecular complexity index is 1180. The van der Waals surface area contributed by atoms with Crippen molar-refractivity contribution in [1.82, 2.24) is 20.2 Å². The summed E-state index contributed by atoms with van der Waals surface area (Å²) in [5.74, 6) is 8.43. The van der Waals surface area contributed by atoms with Gasteiger partial charge in [-0.05, 0) is 36.1 Å². The van der Waals surface area contributed by atoms with Gasteiger partial charge in [0.25, 0.3) is 0 Å². The van der Waals surface area contributed by atoms with Gasteiger partial charge in [0, 0.05) is 49.8 Å². The smallest absolute Gasteiger partial charge is 0.226 e. The number of aromatic amines is 1. The molecule has 0 bridgehead atoms. The molecule has 1 aliphatic heterocycles. The van der Waals surface area contributed by atoms with Crippen LogP contribution in [0.15, 0.2) is 43.0 Å². The number of nitrogens with one attached hydrogen (secondary N) is 3. The number of hydrogen-bond acceptors (Lipinski definition) is 9. The van der Waals surface area contributed by atoms with Crippen molar-refractivity contribution in [2.75, 3.05) is 48.4 Å². The Kier molecular flexibility index (Phi) is 7.40. The van der Waals surface area contributed by atoms with E-state index >= 15 is 0 Å². The van der Waals surface area contributed by atoms with E-state index in [4.69, 9.17) is 20.5 Å². The molecule has 2 fully saturated rings. The molecule has 3 aromatic rings. The lowest BCUT2D eigenvalue weighted by atomic mass is 10.0. The number of anilines is 4. The lowest BCUT2D eigenvalue weighted by Crippen LogP contribution is -2.37. The van der Waals surface area contributed by atoms with Gasteiger partial charge in [0.2, 0.25) is 5.95 Å². The van der Waals surface area contributed by atoms with Crippen LogP contribution in [0.5, 0.6) is 0 Å². The second-order valence-electron chi connectivity index (χ2n) is 9.10. The van der Waals surface area contributed by atoms with E-state index in [0.717, 1.165) is 35.7 Å². The van der Waals surface area contributed by atoms with Crippen molar-refractivity contribution in [3.63, 3.8) is 0 Å². The fourth-order valence-electron chi connectivity index (χ4n) is 4.12. The highest BCUT2D eigenvalue weighted by molar-refractivity contribution is 5.64. The summed E-state index contributed by atoms with van der Waals surface area (Å²) >= 11 is 0. The molecule has 5 rings (SSSR count). The second-order valence-corrected chi connectivity index (χ2v) is 9.10. The molecule has 10 nitrogen and oxygen atoms in total. The number of benzene rings is 1. The highest BCUT2D eigenvalue weighted by Crippen LogP contribution is 2.39. The third-order valence-electron chi connectivity index (χ3n) is 6.33. The number of aromatic nitrogens is 4. The van der Waals surface area contributed by atoms with E-state index in [1.54, 1.807) is 12.1 Å². The summed E-state index contributed by atoms with van der Waals surface area (Å²) in [5, 5.41) is 14.0. The first-order chi connectivity index (χ1) is 17.6. The highest BCUT2D eigenvalue weighted by Gasteiger charge is 2.25. The zero-order valence-electron chi connectivity index (χ0n) is 20.0. The SMILES string of the molecule is C=C(CC(CNc1nc(Nc2cc(C3CC3)[nH]n2)cc(N2CCOCC2)n1)ON)c1ccc(F)cc1. The van der Waals surface area contributed by atoms with Crippen molar-refractivity contribution in [3.05, 3.63) is 60.1 Å². The van der Waals surface area contributed by atoms with Crippen LogP contribution in [0.1, 0.15) is 36.4 Å². The van der Waals surface area contributed by atoms with Crippen molar-refractivity contribution in [1.29, 1.82) is 0 Å². The van der Waals surface area contributed by atoms with Gasteiger partial charge in [-0.1, -0.05) is 18.7 Å². The van der Waals surface area contributed by atoms with Crippen LogP contribution in [0.2, 0.25) is 0 Å². The number of ether oxygens (including phenoxy) is 1. The van der Waals surface area contributed by atoms with Crippen LogP contribution in [0.25, 0.3) is 5.57 Å². The Morgan fingerprint density at radius 3 is 2.69 bits per heavy atom. The third kappa shape index (κ3) is 6.17. The van der Waals surface area contributed by atoms with Crippen molar-refractivity contribution >= 4 is 29.0 Å². The zero-order chi connectivity index (χ0) is 24.9. The van der Waals surface area contributed by atoms with E-state index in [2.05, 4.69) is 37.3 Å². The second kappa shape index (κ2) is 11.0. The fourth-order valence-corrected chi connectivity index (χ4v) is 4.12. The molecule has 190 valence electrons. The van der Waals surface area contributed by atoms with Gasteiger partial charge in [0.1, 0.15) is 17.5 Å². The van der Waals surface area contributed by atoms with Crippen molar-refractivity contribution in [2.24, 2.45) is 5.90 Å². The molecular formula is C25H31FN8O2. The van der Waals surface area contributed by atoms with Gasteiger partial charge in [0.15, 0.2) is 5.82 Å². The molecule has 3 heterocycles. The van der Waals surface area contributed by atoms with E-state index in [-0.39, 0.29) is 11.9 Å². The van der Waals surface area contributed by atoms with Crippen LogP contribution in [-0.2, 0) is 9.57 Å². The molecule has 1 saturated carbocycles. The summed E-state index contributed by atoms with van der Waals surface area (Å²) in [5.41, 5.74) is 2.77. The quantitative estimate of drug-likeness (QED) is 0.296. The van der Waals surface area contributed by atoms with Gasteiger partial charge in [0.05, 0.1) is 19.3 Å². The van der Waals surface area contributed by atoms with Crippen LogP contribution in [-0.4, -0.2) is 59.1 Å². The molecule has 0 spiro atoms. The minimum atomic E-state index is -0.387. The maximum absolute atomic E-state index is 13.2. The number of rotatable bonds is 11. The normalized spacial score (nSPS) is 16.6. The maximum atomic E-state index is 13.2. The van der Waals surface area contributed by atoms with Gasteiger partial charge in [-0.3, -0.25) is 9.94 Å². The molecule has 1 saturated heterocycles. The maximum Gasteiger partial charge on any atom is 0.226 e. The van der Waals surface area contributed by atoms with Gasteiger partial charge in [-0.15, -0.1) is 0 Å². The summed E-state index contributed by atoms with van der Waals surface area (Å²) in [7, 11) is 0. The summed E-state index contributed by atoms with van der Waals surface area (Å²) in [6, 6.07) is 10.1. The number of H-pyrrole nitrogens is 1. The lowest BCUT2D eigenvalue weighted by molar-refractivity contribution is 0.0661. The molecule has 5 N–H and O–H groups in total. The Morgan fingerprint density at radius 1 is 1.19 bits per heavy atom. The number of hydrogen-bond donors (Lipinski definition) is 4. The molecule has 2 aromatic heterocycles. The lowest BCUT2D eigenvalue weighted by Gasteiger charge is -2.28. The molecule has 0 radical (unpaired) electrons. The summed E-state index contributed by atoms with van der Waals surface area (Å²) < 4.78 is 18.7. The standard InChI is InChI=1S/C25H31FN8O2/c1-16(17-4-6-19(26)7-5-17)12-20(36-27)15-28-25-30-22(14-24(31-25)34-8-10-35-11-9-34)29-23-13-21(32-33-23)18-2-3-18/h4-7,13-14,18,20H,1-3,8-12,15,27H2,(H3,28,29,30,31,32,33). The Balaban J connectivity index is 1.28. The first-order valence-electron chi connectivity index (χ1n) is 12.1. The fraction of sp³-hybridized carbons (Fsp3) is 0.400. The average molecular weight is 495 g/mol. The minimum absolute atomic E-state index is 0.292. The summed E-state index contributed by atoms with van der Waals surface area (Å²) in [6.45, 7) is 7.24. The Hall–Kier alpha value is -3.54. The van der Waals surface area contributed by atoms with Gasteiger partial charge in [-0.25, -0.2) is 10.3 Å². The predicted molar refractivity (Wildman–Crippen MR) is 137 cm³/mol. The minimum Gasteiger partial charge on any atom is -0.378 e. The van der Waals surface area contributed by atoms with E-state index < -0.39 is 0 Å². The van der Waals surface area contributed by atoms with Crippen LogP contribution >= 0.6 is 0 Å². The average Bonchev–Trinajstić information content (AvgIpc) is 3.66. The van der Waals surface area contributed by atoms with Crippen LogP contribution in [0, 0.1) is 5.82 Å². The predicted octanol–water partition coefficient (Wildman–Crippen LogP) is 3.57. The van der Waals surface area contributed by atoms with Gasteiger partial charge >= 0.3 is 0 Å². The van der Waals surface area contributed by atoms with Crippen LogP contribution < -0.4 is 21.4 Å². The van der Waals surface area contributed by atoms with E-state index in [1.165, 1.54) is 25.0 Å². The number of morpholine rings is 1. The highest BCUT2D eigenvalue weighted by atomic mass is 19.1. The van der Waals surface area contributed by atoms with E-state index in [1.807, 2.05) is 12.1 Å². The number of halogens is 1. The van der Waals surface area contributed by atoms with Gasteiger partial charge in [-0.2, -0.15) is 15.1 Å². The Labute approximate surface area is 209 Å². The molecule has 1 aliphatic carbocycles. The zero-order valence-corrected chi connectivity index (χ0v) is 20.0. The monoisotopic (exact) mass is 494 g/mol. The van der Waals surface area contributed by atoms with Gasteiger partial charge < -0.3 is 20.3 Å². The largest absolute Gasteiger partial charge is 0.378 e. The molecule has 1 atom stereocenters. The molecular weight excluding hydrogens is 463 g/mol. The van der Waals surface area contributed by atoms with Crippen molar-refractivity contribution < 1.29 is 14.0 Å². The third-order valence-corrected chi connectivity index (χ3v) is 6.33. The molecule has 1 aromatic carbocycles. The van der Waals surface area contributed by atoms with Crippen molar-refractivity contribution in [3.8, 4) is 0 Å². The molecule has 2 aliphatic rings. The topological polar surface area (TPSA) is 126 Å². The van der Waals surface area contributed by atoms with Crippen LogP contribution in [0.4, 0.5) is 27.8 Å². The van der Waals surface area contributed by atoms with E-state index in [0.29, 0.717) is 49.7 Å². The summed E-state index contributed by atoms with van der Waals surface area (Å²) in [6.07, 6.45) is 2.47. The Morgan fingerprint density at radius 2 is 1.97 bits per heavy atom. The molecule has 1 unspecified atom stereocenters. The number of nitrogens with two attached hydrogens (primary N) is 1. The summed E-state index contributed by atoms with van der Waals surface area (Å²) in [4.78, 5) is 16.7. The van der Waals surface area contributed by atoms with Crippen molar-refractivity contribution in [2.45, 2.75) is 31.3 Å². The molecule has 11 heteroatoms. The first-order valence-corrected chi connectivity index (χ1v) is 12.1. The number of nitrogens with zero attached hydrogens (tertiary/aromatic N) is 4.